The van der Waals surface area contributed by atoms with E-state index in [1.54, 1.807) is 6.92 Å². The Morgan fingerprint density at radius 1 is 1.15 bits per heavy atom. The molecule has 6 heteroatoms. The van der Waals surface area contributed by atoms with Crippen LogP contribution in [0.4, 0.5) is 0 Å². The third-order valence-corrected chi connectivity index (χ3v) is 3.99. The molecule has 0 saturated heterocycles. The monoisotopic (exact) mass is 350 g/mol. The third kappa shape index (κ3) is 3.64. The number of rotatable bonds is 6. The molecule has 0 N–H and O–H groups in total. The lowest BCUT2D eigenvalue weighted by Crippen LogP contribution is -2.14. The van der Waals surface area contributed by atoms with Gasteiger partial charge in [-0.25, -0.2) is 4.79 Å². The summed E-state index contributed by atoms with van der Waals surface area (Å²) in [5.74, 6) is -0.933. The van der Waals surface area contributed by atoms with Crippen LogP contribution in [0.5, 0.6) is 0 Å². The molecule has 0 unspecified atom stereocenters. The number of hydrogen-bond acceptors (Lipinski definition) is 4. The van der Waals surface area contributed by atoms with Crippen molar-refractivity contribution in [3.8, 4) is 0 Å². The molecule has 1 heterocycles. The SMILES string of the molecule is CCOC(=O)C(=Cc1cn(Cc2ccccc2)c2ccccc12)[N+](=O)[O-]. The molecule has 0 bridgehead atoms. The number of para-hydroxylation sites is 1. The average Bonchev–Trinajstić information content (AvgIpc) is 2.98. The number of nitro groups is 1. The van der Waals surface area contributed by atoms with Crippen molar-refractivity contribution in [2.75, 3.05) is 6.61 Å². The van der Waals surface area contributed by atoms with Crippen LogP contribution in [-0.4, -0.2) is 22.1 Å². The zero-order valence-corrected chi connectivity index (χ0v) is 14.3. The maximum absolute atomic E-state index is 11.9. The lowest BCUT2D eigenvalue weighted by Gasteiger charge is -2.05. The van der Waals surface area contributed by atoms with Gasteiger partial charge in [0, 0.05) is 35.3 Å². The van der Waals surface area contributed by atoms with E-state index in [-0.39, 0.29) is 6.61 Å². The Kier molecular flexibility index (Phi) is 5.12. The molecule has 3 rings (SSSR count). The Balaban J connectivity index is 2.07. The minimum atomic E-state index is -0.933. The second-order valence-corrected chi connectivity index (χ2v) is 5.72. The van der Waals surface area contributed by atoms with Crippen LogP contribution in [0.1, 0.15) is 18.1 Å². The summed E-state index contributed by atoms with van der Waals surface area (Å²) in [5.41, 5.74) is 2.09. The van der Waals surface area contributed by atoms with Crippen LogP contribution < -0.4 is 0 Å². The number of carbonyl (C=O) groups is 1. The Bertz CT molecular complexity index is 974. The van der Waals surface area contributed by atoms with Gasteiger partial charge >= 0.3 is 11.7 Å². The van der Waals surface area contributed by atoms with E-state index in [0.717, 1.165) is 16.5 Å². The number of aromatic nitrogens is 1. The molecule has 0 saturated carbocycles. The summed E-state index contributed by atoms with van der Waals surface area (Å²) in [6.07, 6.45) is 3.10. The Hall–Kier alpha value is -3.41. The fourth-order valence-corrected chi connectivity index (χ4v) is 2.84. The molecule has 132 valence electrons. The van der Waals surface area contributed by atoms with Gasteiger partial charge < -0.3 is 9.30 Å². The largest absolute Gasteiger partial charge is 0.458 e. The predicted molar refractivity (Wildman–Crippen MR) is 99.1 cm³/mol. The first-order valence-electron chi connectivity index (χ1n) is 8.25. The zero-order valence-electron chi connectivity index (χ0n) is 14.3. The summed E-state index contributed by atoms with van der Waals surface area (Å²) in [5, 5.41) is 12.1. The standard InChI is InChI=1S/C20H18N2O4/c1-2-26-20(23)19(22(24)25)12-16-14-21(13-15-8-4-3-5-9-15)18-11-7-6-10-17(16)18/h3-12,14H,2,13H2,1H3. The van der Waals surface area contributed by atoms with E-state index in [2.05, 4.69) is 0 Å². The van der Waals surface area contributed by atoms with Crippen LogP contribution >= 0.6 is 0 Å². The predicted octanol–water partition coefficient (Wildman–Crippen LogP) is 3.87. The number of esters is 1. The zero-order chi connectivity index (χ0) is 18.5. The van der Waals surface area contributed by atoms with E-state index in [4.69, 9.17) is 4.74 Å². The lowest BCUT2D eigenvalue weighted by molar-refractivity contribution is -0.419. The Morgan fingerprint density at radius 2 is 1.85 bits per heavy atom. The summed E-state index contributed by atoms with van der Waals surface area (Å²) in [6, 6.07) is 17.5. The van der Waals surface area contributed by atoms with Crippen LogP contribution in [0.25, 0.3) is 17.0 Å². The molecular formula is C20H18N2O4. The molecule has 0 atom stereocenters. The van der Waals surface area contributed by atoms with Gasteiger partial charge in [-0.1, -0.05) is 48.5 Å². The van der Waals surface area contributed by atoms with Crippen molar-refractivity contribution in [2.24, 2.45) is 0 Å². The van der Waals surface area contributed by atoms with Gasteiger partial charge in [0.15, 0.2) is 0 Å². The van der Waals surface area contributed by atoms with Crippen molar-refractivity contribution >= 4 is 22.9 Å². The third-order valence-electron chi connectivity index (χ3n) is 3.99. The molecule has 26 heavy (non-hydrogen) atoms. The average molecular weight is 350 g/mol. The molecular weight excluding hydrogens is 332 g/mol. The molecule has 1 aromatic heterocycles. The fraction of sp³-hybridized carbons (Fsp3) is 0.150. The van der Waals surface area contributed by atoms with Crippen LogP contribution in [0.2, 0.25) is 0 Å². The van der Waals surface area contributed by atoms with Crippen LogP contribution in [0.3, 0.4) is 0 Å². The van der Waals surface area contributed by atoms with Crippen LogP contribution in [-0.2, 0) is 16.1 Å². The topological polar surface area (TPSA) is 74.4 Å². The van der Waals surface area contributed by atoms with E-state index >= 15 is 0 Å². The van der Waals surface area contributed by atoms with Crippen molar-refractivity contribution in [1.29, 1.82) is 0 Å². The first-order valence-corrected chi connectivity index (χ1v) is 8.25. The highest BCUT2D eigenvalue weighted by Crippen LogP contribution is 2.25. The molecule has 0 aliphatic heterocycles. The van der Waals surface area contributed by atoms with E-state index < -0.39 is 16.6 Å². The summed E-state index contributed by atoms with van der Waals surface area (Å²) >= 11 is 0. The maximum atomic E-state index is 11.9. The van der Waals surface area contributed by atoms with E-state index in [9.17, 15) is 14.9 Å². The molecule has 0 spiro atoms. The Morgan fingerprint density at radius 3 is 2.54 bits per heavy atom. The first kappa shape index (κ1) is 17.4. The highest BCUT2D eigenvalue weighted by Gasteiger charge is 2.24. The second-order valence-electron chi connectivity index (χ2n) is 5.72. The van der Waals surface area contributed by atoms with Crippen LogP contribution in [0.15, 0.2) is 66.5 Å². The minimum absolute atomic E-state index is 0.0831. The molecule has 0 aliphatic carbocycles. The first-order chi connectivity index (χ1) is 12.6. The normalized spacial score (nSPS) is 11.5. The highest BCUT2D eigenvalue weighted by molar-refractivity contribution is 5.96. The molecule has 6 nitrogen and oxygen atoms in total. The maximum Gasteiger partial charge on any atom is 0.409 e. The van der Waals surface area contributed by atoms with Gasteiger partial charge in [0.1, 0.15) is 0 Å². The number of fused-ring (bicyclic) bond motifs is 1. The molecule has 2 aromatic carbocycles. The molecule has 0 fully saturated rings. The van der Waals surface area contributed by atoms with Crippen LogP contribution in [0, 0.1) is 10.1 Å². The van der Waals surface area contributed by atoms with Gasteiger partial charge in [0.05, 0.1) is 11.5 Å². The molecule has 0 amide bonds. The number of benzene rings is 2. The minimum Gasteiger partial charge on any atom is -0.458 e. The van der Waals surface area contributed by atoms with Crippen molar-refractivity contribution < 1.29 is 14.5 Å². The molecule has 0 radical (unpaired) electrons. The van der Waals surface area contributed by atoms with Gasteiger partial charge in [-0.2, -0.15) is 0 Å². The van der Waals surface area contributed by atoms with Crippen molar-refractivity contribution in [2.45, 2.75) is 13.5 Å². The number of nitrogens with zero attached hydrogens (tertiary/aromatic N) is 2. The van der Waals surface area contributed by atoms with E-state index in [1.165, 1.54) is 6.08 Å². The van der Waals surface area contributed by atoms with E-state index in [0.29, 0.717) is 12.1 Å². The van der Waals surface area contributed by atoms with Gasteiger partial charge in [-0.05, 0) is 18.6 Å². The number of carbonyl (C=O) groups excluding carboxylic acids is 1. The summed E-state index contributed by atoms with van der Waals surface area (Å²) < 4.78 is 6.81. The van der Waals surface area contributed by atoms with Crippen molar-refractivity contribution in [3.63, 3.8) is 0 Å². The summed E-state index contributed by atoms with van der Waals surface area (Å²) in [7, 11) is 0. The second kappa shape index (κ2) is 7.65. The highest BCUT2D eigenvalue weighted by atomic mass is 16.6. The van der Waals surface area contributed by atoms with Gasteiger partial charge in [0.2, 0.25) is 0 Å². The van der Waals surface area contributed by atoms with Crippen molar-refractivity contribution in [3.05, 3.63) is 87.7 Å². The summed E-state index contributed by atoms with van der Waals surface area (Å²) in [6.45, 7) is 2.32. The van der Waals surface area contributed by atoms with Crippen molar-refractivity contribution in [1.82, 2.24) is 4.57 Å². The smallest absolute Gasteiger partial charge is 0.409 e. The van der Waals surface area contributed by atoms with E-state index in [1.807, 2.05) is 65.4 Å². The summed E-state index contributed by atoms with van der Waals surface area (Å²) in [4.78, 5) is 22.5. The quantitative estimate of drug-likeness (QED) is 0.293. The van der Waals surface area contributed by atoms with Gasteiger partial charge in [-0.15, -0.1) is 0 Å². The van der Waals surface area contributed by atoms with Gasteiger partial charge in [-0.3, -0.25) is 10.1 Å². The fourth-order valence-electron chi connectivity index (χ4n) is 2.84. The lowest BCUT2D eigenvalue weighted by atomic mass is 10.1. The van der Waals surface area contributed by atoms with Gasteiger partial charge in [0.25, 0.3) is 0 Å². The Labute approximate surface area is 150 Å². The molecule has 3 aromatic rings. The molecule has 0 aliphatic rings. The number of hydrogen-bond donors (Lipinski definition) is 0. The number of ether oxygens (including phenoxy) is 1.